The second kappa shape index (κ2) is 9.62. The van der Waals surface area contributed by atoms with Gasteiger partial charge in [-0.2, -0.15) is 13.2 Å². The molecular weight excluding hydrogens is 481 g/mol. The number of benzene rings is 3. The molecule has 0 aliphatic rings. The number of alkyl halides is 3. The molecule has 3 aromatic carbocycles. The Bertz CT molecular complexity index is 1640. The van der Waals surface area contributed by atoms with Gasteiger partial charge in [-0.3, -0.25) is 14.2 Å². The van der Waals surface area contributed by atoms with Gasteiger partial charge in [-0.05, 0) is 42.5 Å². The van der Waals surface area contributed by atoms with Crippen molar-refractivity contribution < 1.29 is 18.0 Å². The molecule has 184 valence electrons. The van der Waals surface area contributed by atoms with Crippen molar-refractivity contribution in [2.24, 2.45) is 0 Å². The number of carbonyl (C=O) groups excluding carboxylic acids is 1. The minimum absolute atomic E-state index is 0.210. The standard InChI is InChI=1S/C28H19F3N4O2/c29-28(30,31)21-16-23(34-27(37)18-10-4-1-5-11-18)33-26-25(21)22(36)17-24(32-19-12-6-2-7-13-19)35(26)20-14-8-3-9-15-20/h1-17,32H,(H,33,34,37). The minimum Gasteiger partial charge on any atom is -0.341 e. The van der Waals surface area contributed by atoms with Gasteiger partial charge >= 0.3 is 6.18 Å². The molecule has 0 radical (unpaired) electrons. The Morgan fingerprint density at radius 2 is 1.41 bits per heavy atom. The molecule has 0 saturated heterocycles. The van der Waals surface area contributed by atoms with Crippen LogP contribution >= 0.6 is 0 Å². The molecule has 0 unspecified atom stereocenters. The first-order valence-corrected chi connectivity index (χ1v) is 11.2. The molecule has 0 fully saturated rings. The summed E-state index contributed by atoms with van der Waals surface area (Å²) in [5.74, 6) is -0.760. The lowest BCUT2D eigenvalue weighted by atomic mass is 10.1. The molecule has 5 rings (SSSR count). The van der Waals surface area contributed by atoms with Crippen molar-refractivity contribution in [3.05, 3.63) is 124 Å². The summed E-state index contributed by atoms with van der Waals surface area (Å²) < 4.78 is 44.1. The van der Waals surface area contributed by atoms with Crippen molar-refractivity contribution in [2.75, 3.05) is 10.6 Å². The normalized spacial score (nSPS) is 11.3. The number of fused-ring (bicyclic) bond motifs is 1. The minimum atomic E-state index is -4.88. The highest BCUT2D eigenvalue weighted by molar-refractivity contribution is 6.04. The first-order valence-electron chi connectivity index (χ1n) is 11.2. The first kappa shape index (κ1) is 23.8. The van der Waals surface area contributed by atoms with Crippen LogP contribution in [0.25, 0.3) is 16.7 Å². The molecule has 5 aromatic rings. The summed E-state index contributed by atoms with van der Waals surface area (Å²) in [6.45, 7) is 0. The highest BCUT2D eigenvalue weighted by atomic mass is 19.4. The van der Waals surface area contributed by atoms with Gasteiger partial charge < -0.3 is 10.6 Å². The quantitative estimate of drug-likeness (QED) is 0.293. The molecule has 0 aliphatic heterocycles. The number of amides is 1. The van der Waals surface area contributed by atoms with Crippen molar-refractivity contribution >= 4 is 34.3 Å². The number of nitrogens with one attached hydrogen (secondary N) is 2. The third kappa shape index (κ3) is 4.92. The van der Waals surface area contributed by atoms with Gasteiger partial charge in [0, 0.05) is 23.0 Å². The maximum absolute atomic E-state index is 14.2. The fraction of sp³-hybridized carbons (Fsp3) is 0.0357. The summed E-state index contributed by atoms with van der Waals surface area (Å²) in [6.07, 6.45) is -4.88. The van der Waals surface area contributed by atoms with E-state index in [9.17, 15) is 22.8 Å². The predicted molar refractivity (Wildman–Crippen MR) is 136 cm³/mol. The molecule has 0 saturated carbocycles. The van der Waals surface area contributed by atoms with E-state index in [2.05, 4.69) is 15.6 Å². The van der Waals surface area contributed by atoms with Crippen molar-refractivity contribution in [1.82, 2.24) is 9.55 Å². The third-order valence-electron chi connectivity index (χ3n) is 5.61. The highest BCUT2D eigenvalue weighted by Crippen LogP contribution is 2.36. The topological polar surface area (TPSA) is 76.0 Å². The van der Waals surface area contributed by atoms with Crippen LogP contribution in [0.1, 0.15) is 15.9 Å². The predicted octanol–water partition coefficient (Wildman–Crippen LogP) is 6.40. The van der Waals surface area contributed by atoms with E-state index in [4.69, 9.17) is 0 Å². The Morgan fingerprint density at radius 3 is 2.03 bits per heavy atom. The molecule has 0 atom stereocenters. The Kier molecular flexibility index (Phi) is 6.19. The number of aromatic nitrogens is 2. The number of nitrogens with zero attached hydrogens (tertiary/aromatic N) is 2. The summed E-state index contributed by atoms with van der Waals surface area (Å²) in [5, 5.41) is 4.94. The molecule has 2 aromatic heterocycles. The van der Waals surface area contributed by atoms with Gasteiger partial charge in [-0.15, -0.1) is 0 Å². The number of halogens is 3. The molecule has 2 heterocycles. The first-order chi connectivity index (χ1) is 17.8. The molecule has 0 aliphatic carbocycles. The molecule has 37 heavy (non-hydrogen) atoms. The van der Waals surface area contributed by atoms with Crippen LogP contribution in [0.5, 0.6) is 0 Å². The van der Waals surface area contributed by atoms with Crippen molar-refractivity contribution in [3.8, 4) is 5.69 Å². The summed E-state index contributed by atoms with van der Waals surface area (Å²) >= 11 is 0. The monoisotopic (exact) mass is 500 g/mol. The maximum Gasteiger partial charge on any atom is 0.417 e. The SMILES string of the molecule is O=C(Nc1cc(C(F)(F)F)c2c(=O)cc(Nc3ccccc3)n(-c3ccccc3)c2n1)c1ccccc1. The van der Waals surface area contributed by atoms with E-state index in [0.717, 1.165) is 6.07 Å². The number of pyridine rings is 2. The second-order valence-corrected chi connectivity index (χ2v) is 8.13. The number of anilines is 3. The fourth-order valence-electron chi connectivity index (χ4n) is 3.98. The van der Waals surface area contributed by atoms with Crippen molar-refractivity contribution in [1.29, 1.82) is 0 Å². The molecule has 0 bridgehead atoms. The van der Waals surface area contributed by atoms with Gasteiger partial charge in [0.25, 0.3) is 5.91 Å². The third-order valence-corrected chi connectivity index (χ3v) is 5.61. The molecule has 9 heteroatoms. The Labute approximate surface area is 209 Å². The van der Waals surface area contributed by atoms with Crippen LogP contribution < -0.4 is 16.1 Å². The van der Waals surface area contributed by atoms with Crippen LogP contribution in [0.15, 0.2) is 108 Å². The number of rotatable bonds is 5. The van der Waals surface area contributed by atoms with Crippen molar-refractivity contribution in [3.63, 3.8) is 0 Å². The average molecular weight is 500 g/mol. The van der Waals surface area contributed by atoms with Crippen LogP contribution in [0.3, 0.4) is 0 Å². The summed E-state index contributed by atoms with van der Waals surface area (Å²) in [6, 6.07) is 27.3. The molecular formula is C28H19F3N4O2. The lowest BCUT2D eigenvalue weighted by Gasteiger charge is -2.20. The number of hydrogen-bond donors (Lipinski definition) is 2. The van der Waals surface area contributed by atoms with Gasteiger partial charge in [-0.25, -0.2) is 4.98 Å². The van der Waals surface area contributed by atoms with Gasteiger partial charge in [0.15, 0.2) is 11.1 Å². The van der Waals surface area contributed by atoms with E-state index in [1.807, 2.05) is 6.07 Å². The van der Waals surface area contributed by atoms with E-state index in [1.54, 1.807) is 72.8 Å². The van der Waals surface area contributed by atoms with E-state index < -0.39 is 28.5 Å². The fourth-order valence-corrected chi connectivity index (χ4v) is 3.98. The lowest BCUT2D eigenvalue weighted by Crippen LogP contribution is -2.20. The number of hydrogen-bond acceptors (Lipinski definition) is 4. The zero-order valence-electron chi connectivity index (χ0n) is 19.2. The van der Waals surface area contributed by atoms with Gasteiger partial charge in [0.2, 0.25) is 0 Å². The Morgan fingerprint density at radius 1 is 0.811 bits per heavy atom. The van der Waals surface area contributed by atoms with Crippen LogP contribution in [-0.4, -0.2) is 15.5 Å². The van der Waals surface area contributed by atoms with Crippen LogP contribution in [-0.2, 0) is 6.18 Å². The Hall–Kier alpha value is -4.92. The molecule has 1 amide bonds. The molecule has 0 spiro atoms. The van der Waals surface area contributed by atoms with Crippen LogP contribution in [0.4, 0.5) is 30.5 Å². The summed E-state index contributed by atoms with van der Waals surface area (Å²) in [7, 11) is 0. The van der Waals surface area contributed by atoms with E-state index in [-0.39, 0.29) is 22.8 Å². The zero-order valence-corrected chi connectivity index (χ0v) is 19.2. The second-order valence-electron chi connectivity index (χ2n) is 8.13. The van der Waals surface area contributed by atoms with Crippen LogP contribution in [0.2, 0.25) is 0 Å². The van der Waals surface area contributed by atoms with Crippen LogP contribution in [0, 0.1) is 0 Å². The smallest absolute Gasteiger partial charge is 0.341 e. The largest absolute Gasteiger partial charge is 0.417 e. The molecule has 2 N–H and O–H groups in total. The number of carbonyl (C=O) groups is 1. The van der Waals surface area contributed by atoms with E-state index >= 15 is 0 Å². The zero-order chi connectivity index (χ0) is 26.0. The maximum atomic E-state index is 14.2. The average Bonchev–Trinajstić information content (AvgIpc) is 2.89. The number of para-hydroxylation sites is 2. The van der Waals surface area contributed by atoms with Gasteiger partial charge in [0.05, 0.1) is 10.9 Å². The van der Waals surface area contributed by atoms with E-state index in [1.165, 1.54) is 16.7 Å². The lowest BCUT2D eigenvalue weighted by molar-refractivity contribution is -0.136. The van der Waals surface area contributed by atoms with E-state index in [0.29, 0.717) is 17.4 Å². The van der Waals surface area contributed by atoms with Gasteiger partial charge in [0.1, 0.15) is 11.6 Å². The van der Waals surface area contributed by atoms with Crippen molar-refractivity contribution in [2.45, 2.75) is 6.18 Å². The highest BCUT2D eigenvalue weighted by Gasteiger charge is 2.36. The summed E-state index contributed by atoms with van der Waals surface area (Å²) in [5.41, 5.74) is -0.968. The summed E-state index contributed by atoms with van der Waals surface area (Å²) in [4.78, 5) is 30.2. The Balaban J connectivity index is 1.78. The molecule has 6 nitrogen and oxygen atoms in total. The van der Waals surface area contributed by atoms with Gasteiger partial charge in [-0.1, -0.05) is 54.6 Å².